The number of hydrogen-bond acceptors (Lipinski definition) is 2. The number of aryl methyl sites for hydroxylation is 1. The summed E-state index contributed by atoms with van der Waals surface area (Å²) in [5.41, 5.74) is 4.06. The van der Waals surface area contributed by atoms with E-state index in [1.807, 2.05) is 6.07 Å². The van der Waals surface area contributed by atoms with Crippen LogP contribution >= 0.6 is 0 Å². The summed E-state index contributed by atoms with van der Waals surface area (Å²) in [6.07, 6.45) is 1.12. The molecular weight excluding hydrogens is 306 g/mol. The third-order valence-electron chi connectivity index (χ3n) is 4.18. The molecule has 0 aliphatic rings. The standard InChI is InChI=1S/C23H33NO/c1-18-10-9-11-19(14-18)16-25-21-13-8-7-12-20(21)15-24-23(5,6)17-22(2,3)4/h7-14,24H,15-17H2,1-6H3. The summed E-state index contributed by atoms with van der Waals surface area (Å²) in [6, 6.07) is 16.8. The highest BCUT2D eigenvalue weighted by Crippen LogP contribution is 2.28. The van der Waals surface area contributed by atoms with Crippen LogP contribution in [0.4, 0.5) is 0 Å². The van der Waals surface area contributed by atoms with Crippen LogP contribution < -0.4 is 10.1 Å². The molecule has 0 unspecified atom stereocenters. The van der Waals surface area contributed by atoms with Crippen molar-refractivity contribution in [2.24, 2.45) is 5.41 Å². The first-order valence-corrected chi connectivity index (χ1v) is 9.16. The average Bonchev–Trinajstić information content (AvgIpc) is 2.49. The van der Waals surface area contributed by atoms with E-state index in [1.165, 1.54) is 16.7 Å². The molecule has 0 fully saturated rings. The third kappa shape index (κ3) is 6.91. The maximum Gasteiger partial charge on any atom is 0.124 e. The van der Waals surface area contributed by atoms with Gasteiger partial charge in [0.2, 0.25) is 0 Å². The molecule has 2 rings (SSSR count). The van der Waals surface area contributed by atoms with Crippen LogP contribution in [-0.4, -0.2) is 5.54 Å². The second-order valence-corrected chi connectivity index (χ2v) is 8.86. The summed E-state index contributed by atoms with van der Waals surface area (Å²) in [6.45, 7) is 14.9. The lowest BCUT2D eigenvalue weighted by atomic mass is 9.82. The molecule has 2 aromatic carbocycles. The van der Waals surface area contributed by atoms with Crippen molar-refractivity contribution >= 4 is 0 Å². The summed E-state index contributed by atoms with van der Waals surface area (Å²) >= 11 is 0. The zero-order valence-electron chi connectivity index (χ0n) is 16.6. The molecule has 2 nitrogen and oxygen atoms in total. The Morgan fingerprint density at radius 2 is 1.64 bits per heavy atom. The summed E-state index contributed by atoms with van der Waals surface area (Å²) in [5, 5.41) is 3.70. The Morgan fingerprint density at radius 1 is 0.920 bits per heavy atom. The highest BCUT2D eigenvalue weighted by atomic mass is 16.5. The van der Waals surface area contributed by atoms with Crippen LogP contribution in [0.15, 0.2) is 48.5 Å². The normalized spacial score (nSPS) is 12.2. The van der Waals surface area contributed by atoms with Crippen molar-refractivity contribution in [3.05, 3.63) is 65.2 Å². The first-order chi connectivity index (χ1) is 11.6. The highest BCUT2D eigenvalue weighted by Gasteiger charge is 2.25. The van der Waals surface area contributed by atoms with E-state index < -0.39 is 0 Å². The predicted molar refractivity (Wildman–Crippen MR) is 107 cm³/mol. The fourth-order valence-corrected chi connectivity index (χ4v) is 3.48. The van der Waals surface area contributed by atoms with E-state index in [0.717, 1.165) is 18.7 Å². The molecular formula is C23H33NO. The topological polar surface area (TPSA) is 21.3 Å². The molecule has 0 radical (unpaired) electrons. The monoisotopic (exact) mass is 339 g/mol. The minimum atomic E-state index is 0.0852. The van der Waals surface area contributed by atoms with Gasteiger partial charge in [-0.25, -0.2) is 0 Å². The molecule has 2 aromatic rings. The maximum absolute atomic E-state index is 6.10. The first kappa shape index (κ1) is 19.5. The van der Waals surface area contributed by atoms with Crippen molar-refractivity contribution in [1.29, 1.82) is 0 Å². The summed E-state index contributed by atoms with van der Waals surface area (Å²) in [5.74, 6) is 0.961. The van der Waals surface area contributed by atoms with E-state index in [2.05, 4.69) is 89.3 Å². The average molecular weight is 340 g/mol. The van der Waals surface area contributed by atoms with E-state index >= 15 is 0 Å². The van der Waals surface area contributed by atoms with Crippen LogP contribution in [-0.2, 0) is 13.2 Å². The van der Waals surface area contributed by atoms with Crippen LogP contribution in [0.2, 0.25) is 0 Å². The SMILES string of the molecule is Cc1cccc(COc2ccccc2CNC(C)(C)CC(C)(C)C)c1. The van der Waals surface area contributed by atoms with Gasteiger partial charge in [0.05, 0.1) is 0 Å². The molecule has 2 heteroatoms. The molecule has 0 heterocycles. The Kier molecular flexibility index (Phi) is 6.29. The van der Waals surface area contributed by atoms with E-state index in [9.17, 15) is 0 Å². The third-order valence-corrected chi connectivity index (χ3v) is 4.18. The van der Waals surface area contributed by atoms with Crippen LogP contribution in [0.1, 0.15) is 57.7 Å². The summed E-state index contributed by atoms with van der Waals surface area (Å²) < 4.78 is 6.10. The number of rotatable bonds is 7. The van der Waals surface area contributed by atoms with Crippen molar-refractivity contribution in [3.8, 4) is 5.75 Å². The molecule has 0 aliphatic carbocycles. The molecule has 0 saturated carbocycles. The zero-order valence-corrected chi connectivity index (χ0v) is 16.6. The van der Waals surface area contributed by atoms with Crippen molar-refractivity contribution in [1.82, 2.24) is 5.32 Å². The van der Waals surface area contributed by atoms with Crippen molar-refractivity contribution in [2.75, 3.05) is 0 Å². The zero-order chi connectivity index (χ0) is 18.5. The van der Waals surface area contributed by atoms with Crippen LogP contribution in [0.5, 0.6) is 5.75 Å². The minimum Gasteiger partial charge on any atom is -0.489 e. The van der Waals surface area contributed by atoms with Crippen molar-refractivity contribution in [3.63, 3.8) is 0 Å². The van der Waals surface area contributed by atoms with Gasteiger partial charge in [0.25, 0.3) is 0 Å². The highest BCUT2D eigenvalue weighted by molar-refractivity contribution is 5.34. The lowest BCUT2D eigenvalue weighted by molar-refractivity contribution is 0.238. The van der Waals surface area contributed by atoms with Gasteiger partial charge in [-0.1, -0.05) is 68.8 Å². The molecule has 1 N–H and O–H groups in total. The number of benzene rings is 2. The van der Waals surface area contributed by atoms with Crippen LogP contribution in [0, 0.1) is 12.3 Å². The number of nitrogens with one attached hydrogen (secondary N) is 1. The predicted octanol–water partition coefficient (Wildman–Crippen LogP) is 5.88. The lowest BCUT2D eigenvalue weighted by Crippen LogP contribution is -2.41. The van der Waals surface area contributed by atoms with E-state index in [-0.39, 0.29) is 5.54 Å². The Balaban J connectivity index is 2.00. The van der Waals surface area contributed by atoms with Gasteiger partial charge in [0.1, 0.15) is 12.4 Å². The molecule has 0 amide bonds. The Bertz CT molecular complexity index is 682. The van der Waals surface area contributed by atoms with Gasteiger partial charge in [-0.05, 0) is 44.2 Å². The fourth-order valence-electron chi connectivity index (χ4n) is 3.48. The molecule has 0 saturated heterocycles. The van der Waals surface area contributed by atoms with Gasteiger partial charge in [0, 0.05) is 17.6 Å². The van der Waals surface area contributed by atoms with Gasteiger partial charge in [0.15, 0.2) is 0 Å². The van der Waals surface area contributed by atoms with Crippen LogP contribution in [0.25, 0.3) is 0 Å². The Labute approximate surface area is 153 Å². The Hall–Kier alpha value is -1.80. The number of para-hydroxylation sites is 1. The second kappa shape index (κ2) is 8.05. The van der Waals surface area contributed by atoms with E-state index in [0.29, 0.717) is 12.0 Å². The molecule has 136 valence electrons. The van der Waals surface area contributed by atoms with Gasteiger partial charge in [-0.2, -0.15) is 0 Å². The van der Waals surface area contributed by atoms with E-state index in [4.69, 9.17) is 4.74 Å². The van der Waals surface area contributed by atoms with Gasteiger partial charge in [-0.15, -0.1) is 0 Å². The molecule has 0 aromatic heterocycles. The Morgan fingerprint density at radius 3 is 2.32 bits per heavy atom. The lowest BCUT2D eigenvalue weighted by Gasteiger charge is -2.33. The summed E-state index contributed by atoms with van der Waals surface area (Å²) in [4.78, 5) is 0. The largest absolute Gasteiger partial charge is 0.489 e. The fraction of sp³-hybridized carbons (Fsp3) is 0.478. The molecule has 25 heavy (non-hydrogen) atoms. The molecule has 0 bridgehead atoms. The van der Waals surface area contributed by atoms with Gasteiger partial charge in [-0.3, -0.25) is 0 Å². The van der Waals surface area contributed by atoms with E-state index in [1.54, 1.807) is 0 Å². The smallest absolute Gasteiger partial charge is 0.124 e. The van der Waals surface area contributed by atoms with Gasteiger partial charge < -0.3 is 10.1 Å². The van der Waals surface area contributed by atoms with Crippen molar-refractivity contribution in [2.45, 2.75) is 66.7 Å². The molecule has 0 atom stereocenters. The molecule has 0 aliphatic heterocycles. The quantitative estimate of drug-likeness (QED) is 0.680. The van der Waals surface area contributed by atoms with Crippen molar-refractivity contribution < 1.29 is 4.74 Å². The number of hydrogen-bond donors (Lipinski definition) is 1. The first-order valence-electron chi connectivity index (χ1n) is 9.16. The number of ether oxygens (including phenoxy) is 1. The summed E-state index contributed by atoms with van der Waals surface area (Å²) in [7, 11) is 0. The second-order valence-electron chi connectivity index (χ2n) is 8.86. The minimum absolute atomic E-state index is 0.0852. The van der Waals surface area contributed by atoms with Crippen LogP contribution in [0.3, 0.4) is 0 Å². The van der Waals surface area contributed by atoms with Gasteiger partial charge >= 0.3 is 0 Å². The maximum atomic E-state index is 6.10. The molecule has 0 spiro atoms.